The number of carbonyl (C=O) groups excluding carboxylic acids is 2. The summed E-state index contributed by atoms with van der Waals surface area (Å²) < 4.78 is 1.87. The number of rotatable bonds is 7. The van der Waals surface area contributed by atoms with Crippen LogP contribution in [0.5, 0.6) is 0 Å². The van der Waals surface area contributed by atoms with Crippen LogP contribution >= 0.6 is 0 Å². The third kappa shape index (κ3) is 4.80. The van der Waals surface area contributed by atoms with Gasteiger partial charge >= 0.3 is 0 Å². The highest BCUT2D eigenvalue weighted by Crippen LogP contribution is 2.23. The summed E-state index contributed by atoms with van der Waals surface area (Å²) >= 11 is 0. The highest BCUT2D eigenvalue weighted by molar-refractivity contribution is 5.88. The molecule has 2 heterocycles. The Morgan fingerprint density at radius 3 is 2.64 bits per heavy atom. The SMILES string of the molecule is CCN(Cc1cnn(CC)c1)C(=O)[C@@H]1CCCCC(=O)N1Cc1ccccc1. The fraction of sp³-hybridized carbons (Fsp3) is 0.500. The normalized spacial score (nSPS) is 17.4. The minimum Gasteiger partial charge on any atom is -0.337 e. The number of aromatic nitrogens is 2. The molecule has 6 nitrogen and oxygen atoms in total. The summed E-state index contributed by atoms with van der Waals surface area (Å²) in [5, 5.41) is 4.31. The number of hydrogen-bond acceptors (Lipinski definition) is 3. The number of hydrogen-bond donors (Lipinski definition) is 0. The molecule has 1 aliphatic heterocycles. The van der Waals surface area contributed by atoms with E-state index in [1.54, 1.807) is 4.90 Å². The van der Waals surface area contributed by atoms with E-state index in [4.69, 9.17) is 0 Å². The van der Waals surface area contributed by atoms with Crippen LogP contribution in [0.4, 0.5) is 0 Å². The van der Waals surface area contributed by atoms with Crippen LogP contribution in [0.1, 0.15) is 50.7 Å². The van der Waals surface area contributed by atoms with Crippen molar-refractivity contribution in [3.63, 3.8) is 0 Å². The Labute approximate surface area is 167 Å². The van der Waals surface area contributed by atoms with Gasteiger partial charge in [-0.25, -0.2) is 0 Å². The standard InChI is InChI=1S/C22H30N4O2/c1-3-24(15-19-14-23-25(4-2)16-19)22(28)20-12-8-9-13-21(27)26(20)17-18-10-6-5-7-11-18/h5-7,10-11,14,16,20H,3-4,8-9,12-13,15,17H2,1-2H3/t20-/m0/s1. The molecule has 0 aliphatic carbocycles. The van der Waals surface area contributed by atoms with Gasteiger partial charge in [0.15, 0.2) is 0 Å². The number of likely N-dealkylation sites (tertiary alicyclic amines) is 1. The minimum absolute atomic E-state index is 0.0397. The van der Waals surface area contributed by atoms with Crippen molar-refractivity contribution in [1.82, 2.24) is 19.6 Å². The number of likely N-dealkylation sites (N-methyl/N-ethyl adjacent to an activating group) is 1. The van der Waals surface area contributed by atoms with Crippen molar-refractivity contribution in [3.8, 4) is 0 Å². The molecule has 1 aliphatic rings. The van der Waals surface area contributed by atoms with Crippen molar-refractivity contribution in [2.45, 2.75) is 65.2 Å². The second-order valence-corrected chi connectivity index (χ2v) is 7.33. The molecule has 0 bridgehead atoms. The molecule has 1 aromatic heterocycles. The summed E-state index contributed by atoms with van der Waals surface area (Å²) in [6.45, 7) is 6.46. The maximum absolute atomic E-state index is 13.4. The molecule has 0 radical (unpaired) electrons. The van der Waals surface area contributed by atoms with E-state index < -0.39 is 6.04 Å². The molecule has 1 atom stereocenters. The van der Waals surface area contributed by atoms with Gasteiger partial charge in [-0.05, 0) is 32.3 Å². The van der Waals surface area contributed by atoms with Gasteiger partial charge in [0.2, 0.25) is 11.8 Å². The molecular weight excluding hydrogens is 352 g/mol. The quantitative estimate of drug-likeness (QED) is 0.739. The molecule has 2 aromatic rings. The molecule has 28 heavy (non-hydrogen) atoms. The van der Waals surface area contributed by atoms with E-state index in [2.05, 4.69) is 5.10 Å². The minimum atomic E-state index is -0.392. The zero-order chi connectivity index (χ0) is 19.9. The second kappa shape index (κ2) is 9.53. The van der Waals surface area contributed by atoms with E-state index in [0.717, 1.165) is 36.9 Å². The molecular formula is C22H30N4O2. The van der Waals surface area contributed by atoms with Gasteiger partial charge < -0.3 is 9.80 Å². The number of aryl methyl sites for hydroxylation is 1. The molecule has 1 aromatic carbocycles. The summed E-state index contributed by atoms with van der Waals surface area (Å²) in [4.78, 5) is 29.8. The first-order valence-electron chi connectivity index (χ1n) is 10.3. The maximum atomic E-state index is 13.4. The maximum Gasteiger partial charge on any atom is 0.245 e. The topological polar surface area (TPSA) is 58.4 Å². The van der Waals surface area contributed by atoms with Crippen LogP contribution in [0.15, 0.2) is 42.7 Å². The molecule has 3 rings (SSSR count). The number of amides is 2. The zero-order valence-electron chi connectivity index (χ0n) is 16.9. The van der Waals surface area contributed by atoms with E-state index in [1.807, 2.05) is 66.2 Å². The monoisotopic (exact) mass is 382 g/mol. The lowest BCUT2D eigenvalue weighted by atomic mass is 10.1. The fourth-order valence-electron chi connectivity index (χ4n) is 3.76. The molecule has 0 N–H and O–H groups in total. The van der Waals surface area contributed by atoms with E-state index in [-0.39, 0.29) is 11.8 Å². The Morgan fingerprint density at radius 2 is 1.96 bits per heavy atom. The Bertz CT molecular complexity index is 787. The molecule has 6 heteroatoms. The molecule has 150 valence electrons. The average molecular weight is 383 g/mol. The van der Waals surface area contributed by atoms with Crippen LogP contribution in [-0.4, -0.2) is 44.0 Å². The van der Waals surface area contributed by atoms with Crippen molar-refractivity contribution in [2.24, 2.45) is 0 Å². The third-order valence-electron chi connectivity index (χ3n) is 5.37. The molecule has 0 unspecified atom stereocenters. The summed E-state index contributed by atoms with van der Waals surface area (Å²) in [5.41, 5.74) is 2.08. The van der Waals surface area contributed by atoms with Gasteiger partial charge in [0.25, 0.3) is 0 Å². The summed E-state index contributed by atoms with van der Waals surface area (Å²) in [7, 11) is 0. The van der Waals surface area contributed by atoms with Crippen LogP contribution < -0.4 is 0 Å². The van der Waals surface area contributed by atoms with Crippen LogP contribution in [0, 0.1) is 0 Å². The van der Waals surface area contributed by atoms with Gasteiger partial charge in [-0.1, -0.05) is 36.8 Å². The van der Waals surface area contributed by atoms with Crippen molar-refractivity contribution in [1.29, 1.82) is 0 Å². The van der Waals surface area contributed by atoms with Gasteiger partial charge in [0, 0.05) is 44.4 Å². The van der Waals surface area contributed by atoms with Crippen LogP contribution in [0.25, 0.3) is 0 Å². The largest absolute Gasteiger partial charge is 0.337 e. The van der Waals surface area contributed by atoms with Crippen LogP contribution in [-0.2, 0) is 29.2 Å². The molecule has 1 fully saturated rings. The van der Waals surface area contributed by atoms with E-state index >= 15 is 0 Å². The lowest BCUT2D eigenvalue weighted by Gasteiger charge is -2.33. The van der Waals surface area contributed by atoms with Crippen LogP contribution in [0.3, 0.4) is 0 Å². The smallest absolute Gasteiger partial charge is 0.245 e. The fourth-order valence-corrected chi connectivity index (χ4v) is 3.76. The summed E-state index contributed by atoms with van der Waals surface area (Å²) in [6, 6.07) is 9.53. The summed E-state index contributed by atoms with van der Waals surface area (Å²) in [6.07, 6.45) is 6.80. The number of nitrogens with zero attached hydrogens (tertiary/aromatic N) is 4. The van der Waals surface area contributed by atoms with Gasteiger partial charge in [-0.15, -0.1) is 0 Å². The Morgan fingerprint density at radius 1 is 1.18 bits per heavy atom. The van der Waals surface area contributed by atoms with Gasteiger partial charge in [-0.3, -0.25) is 14.3 Å². The first kappa shape index (κ1) is 20.1. The predicted octanol–water partition coefficient (Wildman–Crippen LogP) is 3.22. The molecule has 0 saturated carbocycles. The van der Waals surface area contributed by atoms with Gasteiger partial charge in [-0.2, -0.15) is 5.10 Å². The number of benzene rings is 1. The van der Waals surface area contributed by atoms with E-state index in [0.29, 0.717) is 26.1 Å². The van der Waals surface area contributed by atoms with E-state index in [9.17, 15) is 9.59 Å². The predicted molar refractivity (Wildman–Crippen MR) is 108 cm³/mol. The lowest BCUT2D eigenvalue weighted by molar-refractivity contribution is -0.146. The van der Waals surface area contributed by atoms with E-state index in [1.165, 1.54) is 0 Å². The molecule has 1 saturated heterocycles. The summed E-state index contributed by atoms with van der Waals surface area (Å²) in [5.74, 6) is 0.118. The Hall–Kier alpha value is -2.63. The third-order valence-corrected chi connectivity index (χ3v) is 5.37. The Kier molecular flexibility index (Phi) is 6.85. The highest BCUT2D eigenvalue weighted by Gasteiger charge is 2.34. The van der Waals surface area contributed by atoms with Gasteiger partial charge in [0.05, 0.1) is 6.20 Å². The molecule has 0 spiro atoms. The lowest BCUT2D eigenvalue weighted by Crippen LogP contribution is -2.49. The Balaban J connectivity index is 1.78. The van der Waals surface area contributed by atoms with Crippen LogP contribution in [0.2, 0.25) is 0 Å². The van der Waals surface area contributed by atoms with Crippen molar-refractivity contribution >= 4 is 11.8 Å². The first-order valence-corrected chi connectivity index (χ1v) is 10.3. The van der Waals surface area contributed by atoms with Crippen molar-refractivity contribution in [3.05, 3.63) is 53.9 Å². The second-order valence-electron chi connectivity index (χ2n) is 7.33. The van der Waals surface area contributed by atoms with Crippen molar-refractivity contribution < 1.29 is 9.59 Å². The number of carbonyl (C=O) groups is 2. The zero-order valence-corrected chi connectivity index (χ0v) is 16.9. The molecule has 2 amide bonds. The van der Waals surface area contributed by atoms with Crippen molar-refractivity contribution in [2.75, 3.05) is 6.54 Å². The average Bonchev–Trinajstić information content (AvgIpc) is 3.11. The van der Waals surface area contributed by atoms with Gasteiger partial charge in [0.1, 0.15) is 6.04 Å². The highest BCUT2D eigenvalue weighted by atomic mass is 16.2. The first-order chi connectivity index (χ1) is 13.6.